The standard InChI is InChI=1S/C51H44BP/c1-6-16-39(17-7-1)40-26-28-45(29-27-40)52-50(44-24-14-5-15-25-44)49(43-22-12-4-13-23-43)46(41-18-8-2-9-19-41)47(42-20-10-3-11-21-42)51(52,53(49,50)52)48-33-36-30-37(34-48)32-38(31-36)35-48/h1-29,36-38H,30-35H2/t36?,37?,38?,48?,49-,50-,51-,52-,53?/m1/s1. The normalized spacial score (nSPS) is 38.7. The van der Waals surface area contributed by atoms with Crippen molar-refractivity contribution in [1.29, 1.82) is 0 Å². The topological polar surface area (TPSA) is 0 Å². The molecule has 0 aromatic heterocycles. The third-order valence-corrected chi connectivity index (χ3v) is 24.3. The zero-order valence-corrected chi connectivity index (χ0v) is 31.1. The van der Waals surface area contributed by atoms with Crippen LogP contribution in [0.5, 0.6) is 0 Å². The maximum atomic E-state index is 2.65. The summed E-state index contributed by atoms with van der Waals surface area (Å²) in [6.45, 7) is 0. The molecule has 4 aliphatic heterocycles. The van der Waals surface area contributed by atoms with Gasteiger partial charge in [0.15, 0.2) is 0 Å². The van der Waals surface area contributed by atoms with Crippen LogP contribution in [0.3, 0.4) is 0 Å². The summed E-state index contributed by atoms with van der Waals surface area (Å²) in [5, 5.41) is 0.419. The molecule has 3 saturated heterocycles. The van der Waals surface area contributed by atoms with Crippen LogP contribution in [0.15, 0.2) is 176 Å². The molecule has 0 N–H and O–H groups in total. The minimum atomic E-state index is -1.76. The van der Waals surface area contributed by atoms with Crippen LogP contribution in [-0.4, -0.2) is 10.9 Å². The van der Waals surface area contributed by atoms with Crippen molar-refractivity contribution < 1.29 is 0 Å². The quantitative estimate of drug-likeness (QED) is 0.115. The molecule has 0 nitrogen and oxygen atoms in total. The first-order chi connectivity index (χ1) is 26.2. The van der Waals surface area contributed by atoms with Gasteiger partial charge in [-0.25, -0.2) is 0 Å². The van der Waals surface area contributed by atoms with Crippen LogP contribution in [0.25, 0.3) is 22.3 Å². The Morgan fingerprint density at radius 2 is 0.811 bits per heavy atom. The van der Waals surface area contributed by atoms with E-state index in [0.29, 0.717) is 5.41 Å². The first kappa shape index (κ1) is 29.9. The van der Waals surface area contributed by atoms with Gasteiger partial charge in [0.25, 0.3) is 5.87 Å². The highest BCUT2D eigenvalue weighted by Crippen LogP contribution is 3.46. The second-order valence-corrected chi connectivity index (χ2v) is 22.5. The molecule has 6 aromatic carbocycles. The number of hydrogen-bond donors (Lipinski definition) is 0. The molecular formula is C51H44BP. The molecule has 4 aliphatic carbocycles. The summed E-state index contributed by atoms with van der Waals surface area (Å²) in [6, 6.07) is 69.2. The highest BCUT2D eigenvalue weighted by atomic mass is 31.2. The summed E-state index contributed by atoms with van der Waals surface area (Å²) in [4.78, 5) is 0. The summed E-state index contributed by atoms with van der Waals surface area (Å²) in [6.07, 6.45) is 8.78. The molecule has 0 radical (unpaired) electrons. The zero-order chi connectivity index (χ0) is 34.7. The largest absolute Gasteiger partial charge is 0.277 e. The van der Waals surface area contributed by atoms with Gasteiger partial charge in [-0.05, 0) is 101 Å². The molecule has 8 aliphatic rings. The van der Waals surface area contributed by atoms with Crippen molar-refractivity contribution in [3.05, 3.63) is 198 Å². The first-order valence-electron chi connectivity index (χ1n) is 20.4. The molecule has 7 fully saturated rings. The fourth-order valence-corrected chi connectivity index (χ4v) is 28.2. The van der Waals surface area contributed by atoms with Gasteiger partial charge in [0.05, 0.1) is 5.16 Å². The van der Waals surface area contributed by atoms with Crippen LogP contribution in [0.1, 0.15) is 60.8 Å². The molecule has 4 bridgehead atoms. The molecule has 4 heterocycles. The Labute approximate surface area is 314 Å². The van der Waals surface area contributed by atoms with Crippen LogP contribution >= 0.6 is 7.14 Å². The van der Waals surface area contributed by atoms with Crippen molar-refractivity contribution in [2.45, 2.75) is 53.8 Å². The van der Waals surface area contributed by atoms with Gasteiger partial charge in [-0.1, -0.05) is 176 Å². The summed E-state index contributed by atoms with van der Waals surface area (Å²) < 4.78 is 0. The lowest BCUT2D eigenvalue weighted by Gasteiger charge is -2.63. The molecule has 5 atom stereocenters. The minimum Gasteiger partial charge on any atom is -0.160 e. The van der Waals surface area contributed by atoms with Gasteiger partial charge in [0.2, 0.25) is 0 Å². The number of benzene rings is 6. The van der Waals surface area contributed by atoms with Gasteiger partial charge >= 0.3 is 0 Å². The van der Waals surface area contributed by atoms with Crippen LogP contribution in [0.4, 0.5) is 0 Å². The maximum absolute atomic E-state index is 2.65. The van der Waals surface area contributed by atoms with Gasteiger partial charge < -0.3 is 0 Å². The van der Waals surface area contributed by atoms with Gasteiger partial charge in [-0.2, -0.15) is 12.6 Å². The van der Waals surface area contributed by atoms with E-state index >= 15 is 0 Å². The van der Waals surface area contributed by atoms with Crippen molar-refractivity contribution >= 4 is 29.6 Å². The first-order valence-corrected chi connectivity index (χ1v) is 22.3. The van der Waals surface area contributed by atoms with E-state index in [9.17, 15) is 0 Å². The molecule has 0 amide bonds. The Balaban J connectivity index is 1.19. The average Bonchev–Trinajstić information content (AvgIpc) is 4.12. The molecule has 2 heteroatoms. The molecule has 1 spiro atoms. The molecule has 256 valence electrons. The monoisotopic (exact) mass is 698 g/mol. The Hall–Kier alpha value is -4.45. The number of hydrogen-bond acceptors (Lipinski definition) is 0. The van der Waals surface area contributed by atoms with E-state index in [1.165, 1.54) is 60.8 Å². The lowest BCUT2D eigenvalue weighted by atomic mass is 9.19. The Morgan fingerprint density at radius 1 is 0.396 bits per heavy atom. The van der Waals surface area contributed by atoms with Crippen molar-refractivity contribution in [2.24, 2.45) is 23.2 Å². The summed E-state index contributed by atoms with van der Waals surface area (Å²) >= 11 is 0. The van der Waals surface area contributed by atoms with E-state index < -0.39 is 13.0 Å². The van der Waals surface area contributed by atoms with Crippen LogP contribution in [0.2, 0.25) is 0 Å². The molecule has 6 aromatic rings. The number of fused-ring (bicyclic) bond motifs is 3. The molecular weight excluding hydrogens is 654 g/mol. The maximum Gasteiger partial charge on any atom is 0.277 e. The molecule has 1 unspecified atom stereocenters. The second-order valence-electron chi connectivity index (χ2n) is 18.2. The van der Waals surface area contributed by atoms with Crippen molar-refractivity contribution in [3.63, 3.8) is 0 Å². The molecule has 14 rings (SSSR count). The van der Waals surface area contributed by atoms with Crippen molar-refractivity contribution in [1.82, 2.24) is 0 Å². The van der Waals surface area contributed by atoms with E-state index in [1.54, 1.807) is 27.7 Å². The third-order valence-electron chi connectivity index (χ3n) is 16.7. The highest BCUT2D eigenvalue weighted by molar-refractivity contribution is 8.49. The van der Waals surface area contributed by atoms with Gasteiger partial charge in [-0.3, -0.25) is 0 Å². The van der Waals surface area contributed by atoms with Crippen LogP contribution < -0.4 is 5.46 Å². The summed E-state index contributed by atoms with van der Waals surface area (Å²) in [7, 11) is -1.76. The Bertz CT molecular complexity index is 2440. The lowest BCUT2D eigenvalue weighted by molar-refractivity contribution is -0.0527. The van der Waals surface area contributed by atoms with E-state index in [0.717, 1.165) is 17.8 Å². The predicted octanol–water partition coefficient (Wildman–Crippen LogP) is 12.0. The second kappa shape index (κ2) is 9.80. The van der Waals surface area contributed by atoms with E-state index in [-0.39, 0.29) is 15.3 Å². The SMILES string of the molecule is c1ccc(C2=C(c3ccccc3)[C@]3(c4ccccc4)[C@]4(c5ccccc5)[B@-]5(c6ccc(-c7ccccc7)cc6)[C@@]2(C26CC7CC(CC(C7)C2)C6)[P+]534)cc1. The summed E-state index contributed by atoms with van der Waals surface area (Å²) in [5.74, 6) is 1.80. The van der Waals surface area contributed by atoms with E-state index in [1.807, 2.05) is 0 Å². The lowest BCUT2D eigenvalue weighted by Crippen LogP contribution is -2.65. The van der Waals surface area contributed by atoms with E-state index in [2.05, 4.69) is 176 Å². The third kappa shape index (κ3) is 2.90. The number of allylic oxidation sites excluding steroid dienone is 2. The minimum absolute atomic E-state index is 0.0244. The Morgan fingerprint density at radius 3 is 1.32 bits per heavy atom. The smallest absolute Gasteiger partial charge is 0.160 e. The fraction of sp³-hybridized carbons (Fsp3) is 0.255. The van der Waals surface area contributed by atoms with E-state index in [4.69, 9.17) is 0 Å². The van der Waals surface area contributed by atoms with Crippen LogP contribution in [0, 0.1) is 23.2 Å². The van der Waals surface area contributed by atoms with Crippen LogP contribution in [-0.2, 0) is 10.2 Å². The number of rotatable bonds is 7. The fourth-order valence-electron chi connectivity index (χ4n) is 16.6. The summed E-state index contributed by atoms with van der Waals surface area (Å²) in [5.41, 5.74) is 14.4. The molecule has 4 saturated carbocycles. The van der Waals surface area contributed by atoms with Gasteiger partial charge in [0.1, 0.15) is 0 Å². The Kier molecular flexibility index (Phi) is 5.54. The van der Waals surface area contributed by atoms with Gasteiger partial charge in [-0.15, -0.1) is 0 Å². The van der Waals surface area contributed by atoms with Crippen molar-refractivity contribution in [2.75, 3.05) is 0 Å². The molecule has 53 heavy (non-hydrogen) atoms. The average molecular weight is 699 g/mol. The zero-order valence-electron chi connectivity index (χ0n) is 30.2. The van der Waals surface area contributed by atoms with Crippen molar-refractivity contribution in [3.8, 4) is 11.1 Å². The highest BCUT2D eigenvalue weighted by Gasteiger charge is 3.36. The van der Waals surface area contributed by atoms with Gasteiger partial charge in [0, 0.05) is 15.7 Å². The predicted molar refractivity (Wildman–Crippen MR) is 223 cm³/mol.